The van der Waals surface area contributed by atoms with E-state index in [2.05, 4.69) is 6.26 Å². The molecule has 0 saturated heterocycles. The Morgan fingerprint density at radius 1 is 1.50 bits per heavy atom. The van der Waals surface area contributed by atoms with Gasteiger partial charge in [0, 0.05) is 6.07 Å². The van der Waals surface area contributed by atoms with Crippen LogP contribution in [0.15, 0.2) is 41.2 Å². The van der Waals surface area contributed by atoms with E-state index >= 15 is 0 Å². The van der Waals surface area contributed by atoms with Crippen LogP contribution in [0, 0.1) is 6.26 Å². The Labute approximate surface area is 74.8 Å². The number of hydrogen-bond acceptors (Lipinski definition) is 2. The highest BCUT2D eigenvalue weighted by atomic mass is 32.2. The number of allylic oxidation sites excluding steroid dienone is 2. The van der Waals surface area contributed by atoms with Crippen molar-refractivity contribution in [3.8, 4) is 0 Å². The summed E-state index contributed by atoms with van der Waals surface area (Å²) < 4.78 is 9.95. The van der Waals surface area contributed by atoms with Gasteiger partial charge in [-0.3, -0.25) is 0 Å². The summed E-state index contributed by atoms with van der Waals surface area (Å²) in [5.41, 5.74) is 0.909. The van der Waals surface area contributed by atoms with E-state index in [4.69, 9.17) is 8.60 Å². The van der Waals surface area contributed by atoms with Crippen molar-refractivity contribution >= 4 is 16.9 Å². The third-order valence-corrected chi connectivity index (χ3v) is 2.11. The molecule has 2 nitrogen and oxygen atoms in total. The highest BCUT2D eigenvalue weighted by molar-refractivity contribution is 8.04. The van der Waals surface area contributed by atoms with Crippen LogP contribution in [0.3, 0.4) is 0 Å². The lowest BCUT2D eigenvalue weighted by Gasteiger charge is -2.03. The van der Waals surface area contributed by atoms with Crippen molar-refractivity contribution in [2.45, 2.75) is 0 Å². The van der Waals surface area contributed by atoms with E-state index in [1.807, 2.05) is 24.3 Å². The van der Waals surface area contributed by atoms with Gasteiger partial charge in [-0.2, -0.15) is 0 Å². The van der Waals surface area contributed by atoms with Crippen LogP contribution in [0.5, 0.6) is 0 Å². The standard InChI is InChI=1S/C9H6O2S/c1-3-8(7-10-5-1)9-4-2-6-11-12-9/h1-6H/q+1. The third kappa shape index (κ3) is 1.51. The Hall–Kier alpha value is -1.22. The lowest BCUT2D eigenvalue weighted by Crippen LogP contribution is -1.82. The average Bonchev–Trinajstić information content (AvgIpc) is 2.21. The predicted molar refractivity (Wildman–Crippen MR) is 47.7 cm³/mol. The lowest BCUT2D eigenvalue weighted by atomic mass is 10.3. The van der Waals surface area contributed by atoms with Crippen LogP contribution in [-0.2, 0) is 4.18 Å². The largest absolute Gasteiger partial charge is 0.464 e. The van der Waals surface area contributed by atoms with Gasteiger partial charge in [-0.15, -0.1) is 0 Å². The zero-order valence-corrected chi connectivity index (χ0v) is 7.01. The second-order valence-electron chi connectivity index (χ2n) is 2.17. The first-order valence-corrected chi connectivity index (χ1v) is 4.20. The van der Waals surface area contributed by atoms with E-state index in [0.29, 0.717) is 0 Å². The van der Waals surface area contributed by atoms with Gasteiger partial charge in [-0.25, -0.2) is 4.42 Å². The van der Waals surface area contributed by atoms with Crippen LogP contribution in [0.25, 0.3) is 4.91 Å². The molecule has 2 heterocycles. The summed E-state index contributed by atoms with van der Waals surface area (Å²) >= 11 is 1.30. The van der Waals surface area contributed by atoms with Gasteiger partial charge in [0.15, 0.2) is 0 Å². The topological polar surface area (TPSA) is 20.5 Å². The van der Waals surface area contributed by atoms with Gasteiger partial charge >= 0.3 is 12.5 Å². The van der Waals surface area contributed by atoms with E-state index in [9.17, 15) is 0 Å². The Morgan fingerprint density at radius 3 is 3.17 bits per heavy atom. The highest BCUT2D eigenvalue weighted by Gasteiger charge is 2.10. The first kappa shape index (κ1) is 7.43. The Kier molecular flexibility index (Phi) is 2.14. The molecule has 2 rings (SSSR count). The van der Waals surface area contributed by atoms with E-state index in [1.54, 1.807) is 12.5 Å². The van der Waals surface area contributed by atoms with Crippen LogP contribution in [-0.4, -0.2) is 0 Å². The summed E-state index contributed by atoms with van der Waals surface area (Å²) in [6, 6.07) is 3.75. The molecule has 0 bridgehead atoms. The maximum absolute atomic E-state index is 5.04. The highest BCUT2D eigenvalue weighted by Crippen LogP contribution is 2.30. The Balaban J connectivity index is 2.31. The lowest BCUT2D eigenvalue weighted by molar-refractivity contribution is 0.538. The van der Waals surface area contributed by atoms with Crippen LogP contribution >= 0.6 is 12.0 Å². The molecule has 1 aliphatic heterocycles. The Morgan fingerprint density at radius 2 is 2.50 bits per heavy atom. The second kappa shape index (κ2) is 3.45. The Bertz CT molecular complexity index is 317. The zero-order chi connectivity index (χ0) is 8.23. The molecule has 1 radical (unpaired) electrons. The normalized spacial score (nSPS) is 15.2. The summed E-state index contributed by atoms with van der Waals surface area (Å²) in [4.78, 5) is 1.00. The molecule has 3 heteroatoms. The molecule has 0 saturated carbocycles. The third-order valence-electron chi connectivity index (χ3n) is 1.36. The van der Waals surface area contributed by atoms with Crippen molar-refractivity contribution in [1.82, 2.24) is 0 Å². The van der Waals surface area contributed by atoms with Gasteiger partial charge in [-0.1, -0.05) is 0 Å². The molecular formula is C9H6O2S+. The fourth-order valence-electron chi connectivity index (χ4n) is 0.840. The second-order valence-corrected chi connectivity index (χ2v) is 2.97. The maximum atomic E-state index is 5.04. The molecule has 0 aliphatic carbocycles. The van der Waals surface area contributed by atoms with Gasteiger partial charge in [0.1, 0.15) is 11.8 Å². The van der Waals surface area contributed by atoms with Gasteiger partial charge < -0.3 is 4.18 Å². The molecule has 1 aromatic heterocycles. The summed E-state index contributed by atoms with van der Waals surface area (Å²) in [6.45, 7) is 0. The van der Waals surface area contributed by atoms with Crippen molar-refractivity contribution in [3.63, 3.8) is 0 Å². The summed E-state index contributed by atoms with van der Waals surface area (Å²) in [7, 11) is 0. The molecule has 0 unspecified atom stereocenters. The molecule has 0 atom stereocenters. The van der Waals surface area contributed by atoms with E-state index in [1.165, 1.54) is 12.0 Å². The van der Waals surface area contributed by atoms with Crippen LogP contribution in [0.2, 0.25) is 0 Å². The molecule has 1 aromatic rings. The maximum Gasteiger partial charge on any atom is 0.464 e. The summed E-state index contributed by atoms with van der Waals surface area (Å²) in [5.74, 6) is 0. The monoisotopic (exact) mass is 178 g/mol. The van der Waals surface area contributed by atoms with Gasteiger partial charge in [-0.05, 0) is 18.2 Å². The van der Waals surface area contributed by atoms with Crippen molar-refractivity contribution < 1.29 is 8.60 Å². The first-order valence-electron chi connectivity index (χ1n) is 3.46. The van der Waals surface area contributed by atoms with Gasteiger partial charge in [0.2, 0.25) is 0 Å². The fourth-order valence-corrected chi connectivity index (χ4v) is 1.40. The number of rotatable bonds is 1. The molecule has 59 valence electrons. The van der Waals surface area contributed by atoms with Crippen LogP contribution in [0.4, 0.5) is 0 Å². The van der Waals surface area contributed by atoms with E-state index in [0.717, 1.165) is 10.5 Å². The van der Waals surface area contributed by atoms with Gasteiger partial charge in [0.25, 0.3) is 0 Å². The van der Waals surface area contributed by atoms with Crippen LogP contribution in [0.1, 0.15) is 5.56 Å². The summed E-state index contributed by atoms with van der Waals surface area (Å²) in [5, 5.41) is 0. The molecular weight excluding hydrogens is 172 g/mol. The van der Waals surface area contributed by atoms with Crippen LogP contribution < -0.4 is 0 Å². The van der Waals surface area contributed by atoms with E-state index < -0.39 is 0 Å². The van der Waals surface area contributed by atoms with Gasteiger partial charge in [0.05, 0.1) is 16.9 Å². The minimum Gasteiger partial charge on any atom is -0.428 e. The predicted octanol–water partition coefficient (Wildman–Crippen LogP) is 2.89. The van der Waals surface area contributed by atoms with Crippen molar-refractivity contribution in [2.24, 2.45) is 0 Å². The smallest absolute Gasteiger partial charge is 0.428 e. The van der Waals surface area contributed by atoms with Crippen molar-refractivity contribution in [2.75, 3.05) is 0 Å². The molecule has 1 aliphatic rings. The zero-order valence-electron chi connectivity index (χ0n) is 6.19. The quantitative estimate of drug-likeness (QED) is 0.487. The first-order chi connectivity index (χ1) is 5.97. The SMILES string of the molecule is [c]1[o+]cccc1C1=CC=COS1. The van der Waals surface area contributed by atoms with E-state index in [-0.39, 0.29) is 0 Å². The number of hydrogen-bond donors (Lipinski definition) is 0. The van der Waals surface area contributed by atoms with Crippen molar-refractivity contribution in [3.05, 3.63) is 48.6 Å². The minimum atomic E-state index is 0.909. The molecule has 0 N–H and O–H groups in total. The minimum absolute atomic E-state index is 0.909. The molecule has 0 aromatic carbocycles. The average molecular weight is 178 g/mol. The fraction of sp³-hybridized carbons (Fsp3) is 0. The molecule has 0 fully saturated rings. The molecule has 12 heavy (non-hydrogen) atoms. The van der Waals surface area contributed by atoms with Crippen molar-refractivity contribution in [1.29, 1.82) is 0 Å². The molecule has 0 amide bonds. The molecule has 0 spiro atoms. The summed E-state index contributed by atoms with van der Waals surface area (Å²) in [6.07, 6.45) is 9.76.